The molecule has 1 unspecified atom stereocenters. The number of phenolic OH excluding ortho intramolecular Hbond substituents is 1. The van der Waals surface area contributed by atoms with Crippen molar-refractivity contribution in [1.82, 2.24) is 5.32 Å². The van der Waals surface area contributed by atoms with Gasteiger partial charge in [0.2, 0.25) is 0 Å². The van der Waals surface area contributed by atoms with Crippen LogP contribution in [0.5, 0.6) is 5.75 Å². The summed E-state index contributed by atoms with van der Waals surface area (Å²) < 4.78 is 0. The Morgan fingerprint density at radius 2 is 1.60 bits per heavy atom. The largest absolute Gasteiger partial charge is 0.508 e. The van der Waals surface area contributed by atoms with Crippen LogP contribution in [-0.4, -0.2) is 17.7 Å². The van der Waals surface area contributed by atoms with Gasteiger partial charge in [0.1, 0.15) is 5.75 Å². The summed E-state index contributed by atoms with van der Waals surface area (Å²) in [6.45, 7) is 3.12. The first-order valence-corrected chi connectivity index (χ1v) is 7.27. The van der Waals surface area contributed by atoms with Gasteiger partial charge in [-0.1, -0.05) is 35.9 Å². The summed E-state index contributed by atoms with van der Waals surface area (Å²) in [7, 11) is 0. The predicted molar refractivity (Wildman–Crippen MR) is 84.4 cm³/mol. The molecular formula is C17H20ClNO. The minimum Gasteiger partial charge on any atom is -0.508 e. The van der Waals surface area contributed by atoms with Crippen molar-refractivity contribution in [2.24, 2.45) is 0 Å². The minimum absolute atomic E-state index is 0.317. The number of nitrogens with one attached hydrogen (secondary N) is 1. The highest BCUT2D eigenvalue weighted by molar-refractivity contribution is 6.30. The molecule has 0 amide bonds. The molecule has 0 radical (unpaired) electrons. The van der Waals surface area contributed by atoms with E-state index < -0.39 is 0 Å². The van der Waals surface area contributed by atoms with Crippen molar-refractivity contribution in [3.05, 3.63) is 64.7 Å². The molecule has 0 bridgehead atoms. The summed E-state index contributed by atoms with van der Waals surface area (Å²) in [6.07, 6.45) is 1.96. The van der Waals surface area contributed by atoms with Gasteiger partial charge in [0.25, 0.3) is 0 Å². The molecule has 2 aromatic carbocycles. The van der Waals surface area contributed by atoms with Gasteiger partial charge in [-0.15, -0.1) is 0 Å². The third-order valence-corrected chi connectivity index (χ3v) is 3.55. The fourth-order valence-corrected chi connectivity index (χ4v) is 2.30. The molecule has 0 aliphatic heterocycles. The highest BCUT2D eigenvalue weighted by Crippen LogP contribution is 2.12. The number of halogens is 1. The van der Waals surface area contributed by atoms with Crippen LogP contribution >= 0.6 is 11.6 Å². The maximum atomic E-state index is 9.23. The molecule has 106 valence electrons. The average Bonchev–Trinajstić information content (AvgIpc) is 2.44. The molecule has 0 aliphatic rings. The number of hydrogen-bond donors (Lipinski definition) is 2. The summed E-state index contributed by atoms with van der Waals surface area (Å²) in [5.74, 6) is 0.317. The third-order valence-electron chi connectivity index (χ3n) is 3.30. The summed E-state index contributed by atoms with van der Waals surface area (Å²) in [4.78, 5) is 0. The van der Waals surface area contributed by atoms with Crippen LogP contribution in [0.15, 0.2) is 48.5 Å². The Hall–Kier alpha value is -1.51. The molecule has 2 aromatic rings. The maximum absolute atomic E-state index is 9.23. The number of aromatic hydroxyl groups is 1. The molecule has 3 heteroatoms. The van der Waals surface area contributed by atoms with E-state index >= 15 is 0 Å². The molecule has 20 heavy (non-hydrogen) atoms. The Bertz CT molecular complexity index is 522. The standard InChI is InChI=1S/C17H20ClNO/c1-13(12-15-2-6-16(18)7-3-15)19-11-10-14-4-8-17(20)9-5-14/h2-9,13,19-20H,10-12H2,1H3. The van der Waals surface area contributed by atoms with Crippen LogP contribution in [0.1, 0.15) is 18.1 Å². The topological polar surface area (TPSA) is 32.3 Å². The Kier molecular flexibility index (Phi) is 5.45. The maximum Gasteiger partial charge on any atom is 0.115 e. The van der Waals surface area contributed by atoms with E-state index in [2.05, 4.69) is 24.4 Å². The SMILES string of the molecule is CC(Cc1ccc(Cl)cc1)NCCc1ccc(O)cc1. The molecule has 0 aliphatic carbocycles. The zero-order valence-electron chi connectivity index (χ0n) is 11.6. The van der Waals surface area contributed by atoms with Crippen molar-refractivity contribution in [3.63, 3.8) is 0 Å². The normalized spacial score (nSPS) is 12.3. The number of phenols is 1. The van der Waals surface area contributed by atoms with Gasteiger partial charge in [-0.05, 0) is 61.7 Å². The first-order chi connectivity index (χ1) is 9.63. The van der Waals surface area contributed by atoms with Crippen molar-refractivity contribution in [3.8, 4) is 5.75 Å². The van der Waals surface area contributed by atoms with Gasteiger partial charge in [-0.2, -0.15) is 0 Å². The molecule has 0 fully saturated rings. The van der Waals surface area contributed by atoms with E-state index in [0.29, 0.717) is 11.8 Å². The van der Waals surface area contributed by atoms with Crippen molar-refractivity contribution >= 4 is 11.6 Å². The van der Waals surface area contributed by atoms with Gasteiger partial charge >= 0.3 is 0 Å². The summed E-state index contributed by atoms with van der Waals surface area (Å²) in [5, 5.41) is 13.5. The van der Waals surface area contributed by atoms with E-state index in [1.54, 1.807) is 12.1 Å². The van der Waals surface area contributed by atoms with Gasteiger partial charge in [-0.25, -0.2) is 0 Å². The zero-order valence-corrected chi connectivity index (χ0v) is 12.4. The lowest BCUT2D eigenvalue weighted by Crippen LogP contribution is -2.29. The first-order valence-electron chi connectivity index (χ1n) is 6.89. The van der Waals surface area contributed by atoms with Crippen LogP contribution in [0.4, 0.5) is 0 Å². The van der Waals surface area contributed by atoms with Crippen molar-refractivity contribution in [2.75, 3.05) is 6.54 Å². The Morgan fingerprint density at radius 3 is 2.25 bits per heavy atom. The molecule has 0 saturated heterocycles. The average molecular weight is 290 g/mol. The van der Waals surface area contributed by atoms with E-state index in [4.69, 9.17) is 11.6 Å². The predicted octanol–water partition coefficient (Wildman–Crippen LogP) is 3.81. The molecular weight excluding hydrogens is 270 g/mol. The van der Waals surface area contributed by atoms with E-state index in [1.807, 2.05) is 24.3 Å². The number of benzene rings is 2. The molecule has 0 saturated carbocycles. The summed E-state index contributed by atoms with van der Waals surface area (Å²) >= 11 is 5.88. The molecule has 2 nitrogen and oxygen atoms in total. The van der Waals surface area contributed by atoms with Gasteiger partial charge in [0, 0.05) is 11.1 Å². The Balaban J connectivity index is 1.73. The Morgan fingerprint density at radius 1 is 1.00 bits per heavy atom. The van der Waals surface area contributed by atoms with E-state index in [9.17, 15) is 5.11 Å². The highest BCUT2D eigenvalue weighted by Gasteiger charge is 2.03. The van der Waals surface area contributed by atoms with E-state index in [-0.39, 0.29) is 0 Å². The van der Waals surface area contributed by atoms with Gasteiger partial charge in [0.15, 0.2) is 0 Å². The molecule has 2 rings (SSSR count). The first kappa shape index (κ1) is 14.9. The lowest BCUT2D eigenvalue weighted by molar-refractivity contribution is 0.475. The Labute approximate surface area is 125 Å². The lowest BCUT2D eigenvalue weighted by atomic mass is 10.1. The molecule has 0 aromatic heterocycles. The van der Waals surface area contributed by atoms with Crippen LogP contribution in [0.25, 0.3) is 0 Å². The quantitative estimate of drug-likeness (QED) is 0.847. The van der Waals surface area contributed by atoms with Gasteiger partial charge in [0.05, 0.1) is 0 Å². The van der Waals surface area contributed by atoms with Crippen LogP contribution in [-0.2, 0) is 12.8 Å². The monoisotopic (exact) mass is 289 g/mol. The molecule has 0 spiro atoms. The van der Waals surface area contributed by atoms with Gasteiger partial charge < -0.3 is 10.4 Å². The van der Waals surface area contributed by atoms with Gasteiger partial charge in [-0.3, -0.25) is 0 Å². The third kappa shape index (κ3) is 4.87. The second kappa shape index (κ2) is 7.32. The highest BCUT2D eigenvalue weighted by atomic mass is 35.5. The second-order valence-corrected chi connectivity index (χ2v) is 5.54. The zero-order chi connectivity index (χ0) is 14.4. The van der Waals surface area contributed by atoms with Crippen molar-refractivity contribution in [2.45, 2.75) is 25.8 Å². The number of hydrogen-bond acceptors (Lipinski definition) is 2. The van der Waals surface area contributed by atoms with Crippen LogP contribution in [0, 0.1) is 0 Å². The molecule has 2 N–H and O–H groups in total. The van der Waals surface area contributed by atoms with Crippen LogP contribution < -0.4 is 5.32 Å². The fraction of sp³-hybridized carbons (Fsp3) is 0.294. The minimum atomic E-state index is 0.317. The van der Waals surface area contributed by atoms with E-state index in [1.165, 1.54) is 11.1 Å². The summed E-state index contributed by atoms with van der Waals surface area (Å²) in [6, 6.07) is 15.8. The summed E-state index contributed by atoms with van der Waals surface area (Å²) in [5.41, 5.74) is 2.52. The smallest absolute Gasteiger partial charge is 0.115 e. The number of rotatable bonds is 6. The van der Waals surface area contributed by atoms with Crippen molar-refractivity contribution < 1.29 is 5.11 Å². The molecule has 1 atom stereocenters. The second-order valence-electron chi connectivity index (χ2n) is 5.10. The van der Waals surface area contributed by atoms with Crippen LogP contribution in [0.2, 0.25) is 5.02 Å². The van der Waals surface area contributed by atoms with Crippen LogP contribution in [0.3, 0.4) is 0 Å². The van der Waals surface area contributed by atoms with Crippen molar-refractivity contribution in [1.29, 1.82) is 0 Å². The molecule has 0 heterocycles. The lowest BCUT2D eigenvalue weighted by Gasteiger charge is -2.14. The fourth-order valence-electron chi connectivity index (χ4n) is 2.17. The van der Waals surface area contributed by atoms with E-state index in [0.717, 1.165) is 24.4 Å².